The van der Waals surface area contributed by atoms with E-state index < -0.39 is 17.3 Å². The summed E-state index contributed by atoms with van der Waals surface area (Å²) in [5.74, 6) is 0.642. The van der Waals surface area contributed by atoms with E-state index >= 15 is 0 Å². The average Bonchev–Trinajstić information content (AvgIpc) is 2.88. The minimum Gasteiger partial charge on any atom is -0.493 e. The first-order valence-electron chi connectivity index (χ1n) is 13.5. The van der Waals surface area contributed by atoms with Gasteiger partial charge >= 0.3 is 17.8 Å². The quantitative estimate of drug-likeness (QED) is 0.114. The molecule has 0 bridgehead atoms. The molecule has 1 aromatic heterocycles. The molecular formula is C27H41ClN6O6. The van der Waals surface area contributed by atoms with Gasteiger partial charge in [-0.25, -0.2) is 14.4 Å². The van der Waals surface area contributed by atoms with Gasteiger partial charge in [0.2, 0.25) is 11.9 Å². The number of nitrogens with zero attached hydrogens (tertiary/aromatic N) is 2. The highest BCUT2D eigenvalue weighted by Crippen LogP contribution is 2.26. The third-order valence-electron chi connectivity index (χ3n) is 5.39. The molecule has 2 rings (SSSR count). The highest BCUT2D eigenvalue weighted by Gasteiger charge is 2.16. The lowest BCUT2D eigenvalue weighted by molar-refractivity contribution is 0.0525. The Morgan fingerprint density at radius 2 is 1.70 bits per heavy atom. The van der Waals surface area contributed by atoms with Crippen molar-refractivity contribution in [3.05, 3.63) is 34.2 Å². The molecule has 4 N–H and O–H groups in total. The Kier molecular flexibility index (Phi) is 14.1. The number of rotatable bonds is 17. The van der Waals surface area contributed by atoms with Crippen molar-refractivity contribution in [1.82, 2.24) is 20.3 Å². The van der Waals surface area contributed by atoms with Crippen molar-refractivity contribution in [1.29, 1.82) is 0 Å². The molecule has 0 aliphatic carbocycles. The maximum atomic E-state index is 12.1. The van der Waals surface area contributed by atoms with Crippen molar-refractivity contribution in [3.63, 3.8) is 0 Å². The standard InChI is InChI=1S/C27H41ClN6O6/c1-27(2,3)40-26(37)30-16-10-8-6-5-7-9-15-29-23-32-24(34-25(36)33-23)31-19-12-13-20(22(35)38-4)21(18-19)39-17-11-14-28/h12-13,18H,5-11,14-17H2,1-4H3,(H,30,37)(H3,29,31,32,33,34,36). The van der Waals surface area contributed by atoms with Gasteiger partial charge in [-0.2, -0.15) is 9.97 Å². The van der Waals surface area contributed by atoms with Gasteiger partial charge in [0.15, 0.2) is 0 Å². The monoisotopic (exact) mass is 580 g/mol. The van der Waals surface area contributed by atoms with E-state index in [0.29, 0.717) is 43.4 Å². The Morgan fingerprint density at radius 1 is 1.00 bits per heavy atom. The van der Waals surface area contributed by atoms with Crippen LogP contribution in [-0.2, 0) is 9.47 Å². The number of benzene rings is 1. The lowest BCUT2D eigenvalue weighted by Crippen LogP contribution is -2.32. The van der Waals surface area contributed by atoms with E-state index in [2.05, 4.69) is 30.9 Å². The second-order valence-corrected chi connectivity index (χ2v) is 10.4. The van der Waals surface area contributed by atoms with Crippen molar-refractivity contribution >= 4 is 41.2 Å². The number of methoxy groups -OCH3 is 1. The SMILES string of the molecule is COC(=O)c1ccc(Nc2nc(NCCCCCCCCNC(=O)OC(C)(C)C)nc(=O)[nH]2)cc1OCCCCl. The van der Waals surface area contributed by atoms with E-state index in [4.69, 9.17) is 25.8 Å². The number of hydrogen-bond donors (Lipinski definition) is 4. The molecule has 222 valence electrons. The largest absolute Gasteiger partial charge is 0.493 e. The molecule has 0 radical (unpaired) electrons. The predicted octanol–water partition coefficient (Wildman–Crippen LogP) is 4.98. The number of aromatic amines is 1. The van der Waals surface area contributed by atoms with E-state index in [9.17, 15) is 14.4 Å². The molecule has 40 heavy (non-hydrogen) atoms. The summed E-state index contributed by atoms with van der Waals surface area (Å²) in [7, 11) is 1.30. The number of halogens is 1. The molecule has 0 saturated carbocycles. The summed E-state index contributed by atoms with van der Waals surface area (Å²) in [5, 5.41) is 8.87. The van der Waals surface area contributed by atoms with E-state index in [1.165, 1.54) is 7.11 Å². The lowest BCUT2D eigenvalue weighted by atomic mass is 10.1. The summed E-state index contributed by atoms with van der Waals surface area (Å²) in [6.07, 6.45) is 6.20. The van der Waals surface area contributed by atoms with Crippen LogP contribution in [0.15, 0.2) is 23.0 Å². The van der Waals surface area contributed by atoms with E-state index in [1.807, 2.05) is 20.8 Å². The van der Waals surface area contributed by atoms with Crippen molar-refractivity contribution in [2.75, 3.05) is 43.3 Å². The fourth-order valence-corrected chi connectivity index (χ4v) is 3.67. The Labute approximate surface area is 239 Å². The average molecular weight is 581 g/mol. The molecule has 0 aliphatic rings. The number of H-pyrrole nitrogens is 1. The van der Waals surface area contributed by atoms with Crippen LogP contribution in [0.4, 0.5) is 22.4 Å². The molecule has 0 spiro atoms. The molecule has 1 aromatic carbocycles. The smallest absolute Gasteiger partial charge is 0.407 e. The van der Waals surface area contributed by atoms with Gasteiger partial charge in [-0.05, 0) is 52.2 Å². The van der Waals surface area contributed by atoms with E-state index in [1.54, 1.807) is 18.2 Å². The number of nitrogens with one attached hydrogen (secondary N) is 4. The number of ether oxygens (including phenoxy) is 3. The van der Waals surface area contributed by atoms with Gasteiger partial charge in [-0.1, -0.05) is 25.7 Å². The number of anilines is 3. The maximum absolute atomic E-state index is 12.1. The lowest BCUT2D eigenvalue weighted by Gasteiger charge is -2.19. The Bertz CT molecular complexity index is 1140. The Morgan fingerprint density at radius 3 is 2.38 bits per heavy atom. The third kappa shape index (κ3) is 13.0. The third-order valence-corrected chi connectivity index (χ3v) is 5.66. The number of aromatic nitrogens is 3. The number of alkyl halides is 1. The number of amides is 1. The van der Waals surface area contributed by atoms with Crippen molar-refractivity contribution in [3.8, 4) is 5.75 Å². The minimum absolute atomic E-state index is 0.194. The summed E-state index contributed by atoms with van der Waals surface area (Å²) < 4.78 is 15.7. The van der Waals surface area contributed by atoms with Crippen LogP contribution in [0.1, 0.15) is 76.1 Å². The van der Waals surface area contributed by atoms with Crippen molar-refractivity contribution < 1.29 is 23.8 Å². The molecule has 1 amide bonds. The minimum atomic E-state index is -0.551. The number of carbonyl (C=O) groups excluding carboxylic acids is 2. The number of hydrogen-bond acceptors (Lipinski definition) is 10. The highest BCUT2D eigenvalue weighted by atomic mass is 35.5. The second kappa shape index (κ2) is 17.2. The van der Waals surface area contributed by atoms with Crippen LogP contribution >= 0.6 is 11.6 Å². The van der Waals surface area contributed by atoms with Crippen LogP contribution < -0.4 is 26.4 Å². The maximum Gasteiger partial charge on any atom is 0.407 e. The topological polar surface area (TPSA) is 157 Å². The second-order valence-electron chi connectivity index (χ2n) is 10.0. The van der Waals surface area contributed by atoms with Crippen LogP contribution in [0, 0.1) is 0 Å². The van der Waals surface area contributed by atoms with E-state index in [-0.39, 0.29) is 23.6 Å². The van der Waals surface area contributed by atoms with Gasteiger partial charge in [0.05, 0.1) is 13.7 Å². The van der Waals surface area contributed by atoms with Gasteiger partial charge in [-0.3, -0.25) is 4.98 Å². The zero-order valence-corrected chi connectivity index (χ0v) is 24.5. The molecular weight excluding hydrogens is 540 g/mol. The van der Waals surface area contributed by atoms with E-state index in [0.717, 1.165) is 38.5 Å². The number of alkyl carbamates (subject to hydrolysis) is 1. The van der Waals surface area contributed by atoms with Crippen LogP contribution in [-0.4, -0.2) is 65.3 Å². The summed E-state index contributed by atoms with van der Waals surface area (Å²) in [6, 6.07) is 4.85. The van der Waals surface area contributed by atoms with Gasteiger partial charge in [-0.15, -0.1) is 11.6 Å². The first-order chi connectivity index (χ1) is 19.1. The van der Waals surface area contributed by atoms with Gasteiger partial charge in [0, 0.05) is 30.7 Å². The first kappa shape index (κ1) is 32.7. The van der Waals surface area contributed by atoms with Crippen LogP contribution in [0.2, 0.25) is 0 Å². The van der Waals surface area contributed by atoms with Crippen LogP contribution in [0.25, 0.3) is 0 Å². The molecule has 0 aliphatic heterocycles. The van der Waals surface area contributed by atoms with Gasteiger partial charge in [0.25, 0.3) is 0 Å². The molecule has 1 heterocycles. The number of unbranched alkanes of at least 4 members (excludes halogenated alkanes) is 5. The molecule has 2 aromatic rings. The first-order valence-corrected chi connectivity index (χ1v) is 14.0. The van der Waals surface area contributed by atoms with Gasteiger partial charge < -0.3 is 30.2 Å². The molecule has 0 unspecified atom stereocenters. The predicted molar refractivity (Wildman–Crippen MR) is 155 cm³/mol. The van der Waals surface area contributed by atoms with Crippen LogP contribution in [0.5, 0.6) is 5.75 Å². The van der Waals surface area contributed by atoms with Gasteiger partial charge in [0.1, 0.15) is 16.9 Å². The zero-order valence-electron chi connectivity index (χ0n) is 23.7. The van der Waals surface area contributed by atoms with Crippen molar-refractivity contribution in [2.45, 2.75) is 71.3 Å². The summed E-state index contributed by atoms with van der Waals surface area (Å²) in [6.45, 7) is 7.07. The molecule has 0 saturated heterocycles. The zero-order chi connectivity index (χ0) is 29.4. The molecule has 0 atom stereocenters. The number of carbonyl (C=O) groups is 2. The Hall–Kier alpha value is -3.54. The number of esters is 1. The Balaban J connectivity index is 1.76. The fraction of sp³-hybridized carbons (Fsp3) is 0.593. The highest BCUT2D eigenvalue weighted by molar-refractivity contribution is 6.17. The summed E-state index contributed by atoms with van der Waals surface area (Å²) in [5.41, 5.74) is -0.212. The fourth-order valence-electron chi connectivity index (χ4n) is 3.56. The molecule has 0 fully saturated rings. The summed E-state index contributed by atoms with van der Waals surface area (Å²) in [4.78, 5) is 46.5. The normalized spacial score (nSPS) is 11.0. The van der Waals surface area contributed by atoms with Crippen LogP contribution in [0.3, 0.4) is 0 Å². The summed E-state index contributed by atoms with van der Waals surface area (Å²) >= 11 is 5.72. The molecule has 12 nitrogen and oxygen atoms in total. The molecule has 13 heteroatoms. The van der Waals surface area contributed by atoms with Crippen molar-refractivity contribution in [2.24, 2.45) is 0 Å².